The minimum atomic E-state index is 0.537. The summed E-state index contributed by atoms with van der Waals surface area (Å²) in [7, 11) is 0. The Balaban J connectivity index is 2.63. The molecule has 0 aliphatic rings. The molecule has 64 valence electrons. The largest absolute Gasteiger partial charge is 0.397 e. The number of benzene rings is 1. The van der Waals surface area contributed by atoms with Gasteiger partial charge in [0.05, 0.1) is 17.9 Å². The molecule has 0 unspecified atom stereocenters. The molecule has 0 atom stereocenters. The van der Waals surface area contributed by atoms with Crippen molar-refractivity contribution in [3.63, 3.8) is 0 Å². The average molecular weight is 183 g/mol. The summed E-state index contributed by atoms with van der Waals surface area (Å²) in [5, 5.41) is 3.62. The summed E-state index contributed by atoms with van der Waals surface area (Å²) in [5.41, 5.74) is 7.28. The van der Waals surface area contributed by atoms with Gasteiger partial charge in [-0.1, -0.05) is 30.3 Å². The number of hydrogen-bond donors (Lipinski definition) is 2. The maximum Gasteiger partial charge on any atom is 0.0576 e. The van der Waals surface area contributed by atoms with Crippen LogP contribution in [0.4, 0.5) is 11.4 Å². The van der Waals surface area contributed by atoms with E-state index in [9.17, 15) is 0 Å². The molecule has 0 aliphatic heterocycles. The fraction of sp³-hybridized carbons (Fsp3) is 0.111. The third-order valence-electron chi connectivity index (χ3n) is 1.43. The van der Waals surface area contributed by atoms with Gasteiger partial charge in [0.15, 0.2) is 0 Å². The van der Waals surface area contributed by atoms with Crippen LogP contribution >= 0.6 is 11.6 Å². The molecule has 0 fully saturated rings. The topological polar surface area (TPSA) is 38.0 Å². The van der Waals surface area contributed by atoms with E-state index in [1.165, 1.54) is 0 Å². The van der Waals surface area contributed by atoms with Gasteiger partial charge in [-0.3, -0.25) is 0 Å². The highest BCUT2D eigenvalue weighted by molar-refractivity contribution is 6.29. The Hall–Kier alpha value is -1.15. The first kappa shape index (κ1) is 8.94. The molecule has 0 saturated heterocycles. The molecule has 12 heavy (non-hydrogen) atoms. The lowest BCUT2D eigenvalue weighted by Crippen LogP contribution is -2.03. The van der Waals surface area contributed by atoms with E-state index in [4.69, 9.17) is 17.3 Å². The Morgan fingerprint density at radius 1 is 1.50 bits per heavy atom. The molecule has 0 heterocycles. The van der Waals surface area contributed by atoms with Gasteiger partial charge in [-0.15, -0.1) is 0 Å². The van der Waals surface area contributed by atoms with Gasteiger partial charge in [0, 0.05) is 5.03 Å². The highest BCUT2D eigenvalue weighted by Crippen LogP contribution is 2.16. The lowest BCUT2D eigenvalue weighted by molar-refractivity contribution is 1.32. The second-order valence-electron chi connectivity index (χ2n) is 2.46. The second kappa shape index (κ2) is 4.02. The maximum atomic E-state index is 5.67. The number of rotatable bonds is 3. The van der Waals surface area contributed by atoms with Gasteiger partial charge >= 0.3 is 0 Å². The van der Waals surface area contributed by atoms with Crippen LogP contribution in [0.5, 0.6) is 0 Å². The van der Waals surface area contributed by atoms with Crippen LogP contribution in [0.15, 0.2) is 35.9 Å². The van der Waals surface area contributed by atoms with Crippen LogP contribution in [0.25, 0.3) is 0 Å². The maximum absolute atomic E-state index is 5.67. The van der Waals surface area contributed by atoms with Crippen molar-refractivity contribution in [1.82, 2.24) is 0 Å². The van der Waals surface area contributed by atoms with E-state index in [0.717, 1.165) is 11.4 Å². The van der Waals surface area contributed by atoms with Crippen molar-refractivity contribution in [2.24, 2.45) is 0 Å². The van der Waals surface area contributed by atoms with Gasteiger partial charge in [0.1, 0.15) is 0 Å². The Labute approximate surface area is 77.0 Å². The van der Waals surface area contributed by atoms with Crippen LogP contribution in [0.3, 0.4) is 0 Å². The van der Waals surface area contributed by atoms with Crippen LogP contribution in [0, 0.1) is 0 Å². The zero-order valence-electron chi connectivity index (χ0n) is 6.68. The van der Waals surface area contributed by atoms with Crippen molar-refractivity contribution in [3.8, 4) is 0 Å². The van der Waals surface area contributed by atoms with Gasteiger partial charge in [0.25, 0.3) is 0 Å². The summed E-state index contributed by atoms with van der Waals surface area (Å²) in [6.07, 6.45) is 0. The highest BCUT2D eigenvalue weighted by atomic mass is 35.5. The smallest absolute Gasteiger partial charge is 0.0576 e. The summed E-state index contributed by atoms with van der Waals surface area (Å²) in [4.78, 5) is 0. The van der Waals surface area contributed by atoms with E-state index >= 15 is 0 Å². The van der Waals surface area contributed by atoms with Gasteiger partial charge in [-0.05, 0) is 12.1 Å². The Morgan fingerprint density at radius 3 is 2.75 bits per heavy atom. The predicted octanol–water partition coefficient (Wildman–Crippen LogP) is 2.43. The van der Waals surface area contributed by atoms with Crippen LogP contribution in [-0.2, 0) is 0 Å². The first-order valence-corrected chi connectivity index (χ1v) is 3.99. The lowest BCUT2D eigenvalue weighted by Gasteiger charge is -2.06. The lowest BCUT2D eigenvalue weighted by atomic mass is 10.3. The zero-order chi connectivity index (χ0) is 8.97. The zero-order valence-corrected chi connectivity index (χ0v) is 7.43. The second-order valence-corrected chi connectivity index (χ2v) is 2.99. The van der Waals surface area contributed by atoms with Gasteiger partial charge in [-0.25, -0.2) is 0 Å². The minimum Gasteiger partial charge on any atom is -0.397 e. The molecule has 3 N–H and O–H groups in total. The summed E-state index contributed by atoms with van der Waals surface area (Å²) in [6, 6.07) is 7.53. The molecular formula is C9H11ClN2. The quantitative estimate of drug-likeness (QED) is 0.705. The van der Waals surface area contributed by atoms with E-state index in [-0.39, 0.29) is 0 Å². The summed E-state index contributed by atoms with van der Waals surface area (Å²) in [6.45, 7) is 4.10. The van der Waals surface area contributed by atoms with Crippen molar-refractivity contribution in [2.45, 2.75) is 0 Å². The standard InChI is InChI=1S/C9H11ClN2/c1-7(10)6-12-9-5-3-2-4-8(9)11/h2-5,12H,1,6,11H2. The summed E-state index contributed by atoms with van der Waals surface area (Å²) in [5.74, 6) is 0. The molecule has 0 aromatic heterocycles. The molecule has 0 bridgehead atoms. The van der Waals surface area contributed by atoms with Crippen LogP contribution in [0.1, 0.15) is 0 Å². The van der Waals surface area contributed by atoms with Crippen LogP contribution in [-0.4, -0.2) is 6.54 Å². The van der Waals surface area contributed by atoms with Gasteiger partial charge in [0.2, 0.25) is 0 Å². The SMILES string of the molecule is C=C(Cl)CNc1ccccc1N. The molecule has 0 aliphatic carbocycles. The van der Waals surface area contributed by atoms with Crippen molar-refractivity contribution >= 4 is 23.0 Å². The Bertz CT molecular complexity index is 284. The van der Waals surface area contributed by atoms with Crippen molar-refractivity contribution < 1.29 is 0 Å². The van der Waals surface area contributed by atoms with Crippen LogP contribution < -0.4 is 11.1 Å². The number of nitrogens with two attached hydrogens (primary N) is 1. The van der Waals surface area contributed by atoms with Crippen molar-refractivity contribution in [3.05, 3.63) is 35.9 Å². The van der Waals surface area contributed by atoms with Crippen molar-refractivity contribution in [2.75, 3.05) is 17.6 Å². The number of nitrogen functional groups attached to an aromatic ring is 1. The van der Waals surface area contributed by atoms with E-state index in [0.29, 0.717) is 11.6 Å². The molecule has 0 amide bonds. The van der Waals surface area contributed by atoms with Crippen molar-refractivity contribution in [1.29, 1.82) is 0 Å². The molecule has 0 spiro atoms. The van der Waals surface area contributed by atoms with Crippen LogP contribution in [0.2, 0.25) is 0 Å². The van der Waals surface area contributed by atoms with E-state index in [1.807, 2.05) is 24.3 Å². The molecule has 3 heteroatoms. The fourth-order valence-corrected chi connectivity index (χ4v) is 0.916. The predicted molar refractivity (Wildman–Crippen MR) is 54.3 cm³/mol. The number of para-hydroxylation sites is 2. The molecule has 1 rings (SSSR count). The highest BCUT2D eigenvalue weighted by Gasteiger charge is 1.95. The van der Waals surface area contributed by atoms with Gasteiger partial charge in [-0.2, -0.15) is 0 Å². The summed E-state index contributed by atoms with van der Waals surface area (Å²) >= 11 is 5.58. The fourth-order valence-electron chi connectivity index (χ4n) is 0.849. The molecular weight excluding hydrogens is 172 g/mol. The van der Waals surface area contributed by atoms with Gasteiger partial charge < -0.3 is 11.1 Å². The number of nitrogens with one attached hydrogen (secondary N) is 1. The Kier molecular flexibility index (Phi) is 3.00. The number of hydrogen-bond acceptors (Lipinski definition) is 2. The molecule has 1 aromatic carbocycles. The number of anilines is 2. The molecule has 0 radical (unpaired) electrons. The minimum absolute atomic E-state index is 0.537. The number of halogens is 1. The third-order valence-corrected chi connectivity index (χ3v) is 1.57. The average Bonchev–Trinajstić information content (AvgIpc) is 2.03. The summed E-state index contributed by atoms with van der Waals surface area (Å²) < 4.78 is 0. The molecule has 2 nitrogen and oxygen atoms in total. The normalized spacial score (nSPS) is 9.42. The van der Waals surface area contributed by atoms with E-state index in [2.05, 4.69) is 11.9 Å². The van der Waals surface area contributed by atoms with E-state index in [1.54, 1.807) is 0 Å². The first-order valence-electron chi connectivity index (χ1n) is 3.62. The third kappa shape index (κ3) is 2.47. The molecule has 1 aromatic rings. The Morgan fingerprint density at radius 2 is 2.17 bits per heavy atom. The molecule has 0 saturated carbocycles. The first-order chi connectivity index (χ1) is 5.70. The monoisotopic (exact) mass is 182 g/mol. The van der Waals surface area contributed by atoms with E-state index < -0.39 is 0 Å².